The molecule has 0 fully saturated rings. The Morgan fingerprint density at radius 2 is 2.25 bits per heavy atom. The number of nitrogens with zero attached hydrogens (tertiary/aromatic N) is 4. The van der Waals surface area contributed by atoms with Crippen LogP contribution in [0.25, 0.3) is 5.82 Å². The molecule has 0 bridgehead atoms. The number of aromatic nitrogens is 4. The second kappa shape index (κ2) is 2.61. The first-order valence-corrected chi connectivity index (χ1v) is 3.35. The fourth-order valence-corrected chi connectivity index (χ4v) is 0.873. The molecule has 0 aromatic carbocycles. The molecule has 12 heavy (non-hydrogen) atoms. The summed E-state index contributed by atoms with van der Waals surface area (Å²) in [4.78, 5) is 11.3. The second-order valence-electron chi connectivity index (χ2n) is 2.20. The average molecular weight is 162 g/mol. The lowest BCUT2D eigenvalue weighted by molar-refractivity contribution is 0.451. The molecule has 2 heterocycles. The van der Waals surface area contributed by atoms with Gasteiger partial charge in [-0.2, -0.15) is 0 Å². The van der Waals surface area contributed by atoms with Crippen molar-refractivity contribution in [2.24, 2.45) is 0 Å². The van der Waals surface area contributed by atoms with Crippen molar-refractivity contribution in [2.75, 3.05) is 0 Å². The molecule has 2 aromatic rings. The van der Waals surface area contributed by atoms with Crippen LogP contribution in [0.3, 0.4) is 0 Å². The molecule has 5 nitrogen and oxygen atoms in total. The number of aromatic hydroxyl groups is 1. The first-order chi connectivity index (χ1) is 5.86. The molecule has 0 radical (unpaired) electrons. The molecule has 0 atom stereocenters. The highest BCUT2D eigenvalue weighted by atomic mass is 16.3. The lowest BCUT2D eigenvalue weighted by atomic mass is 10.5. The highest BCUT2D eigenvalue weighted by molar-refractivity contribution is 5.25. The van der Waals surface area contributed by atoms with Crippen molar-refractivity contribution in [3.63, 3.8) is 0 Å². The van der Waals surface area contributed by atoms with Crippen LogP contribution in [0, 0.1) is 0 Å². The second-order valence-corrected chi connectivity index (χ2v) is 2.20. The Kier molecular flexibility index (Phi) is 1.48. The van der Waals surface area contributed by atoms with Gasteiger partial charge in [-0.05, 0) is 0 Å². The number of rotatable bonds is 1. The van der Waals surface area contributed by atoms with Gasteiger partial charge in [-0.25, -0.2) is 15.0 Å². The quantitative estimate of drug-likeness (QED) is 0.657. The number of imidazole rings is 1. The molecule has 5 heteroatoms. The van der Waals surface area contributed by atoms with E-state index in [9.17, 15) is 0 Å². The minimum Gasteiger partial charge on any atom is -0.493 e. The van der Waals surface area contributed by atoms with E-state index in [-0.39, 0.29) is 5.88 Å². The van der Waals surface area contributed by atoms with Gasteiger partial charge in [0.05, 0.1) is 0 Å². The molecular formula is C7H6N4O. The molecule has 0 aliphatic carbocycles. The van der Waals surface area contributed by atoms with Crippen molar-refractivity contribution in [3.05, 3.63) is 31.1 Å². The minimum absolute atomic E-state index is 0.0475. The largest absolute Gasteiger partial charge is 0.493 e. The van der Waals surface area contributed by atoms with Gasteiger partial charge in [-0.1, -0.05) is 0 Å². The molecule has 0 spiro atoms. The summed E-state index contributed by atoms with van der Waals surface area (Å²) in [7, 11) is 0. The SMILES string of the molecule is Oc1cc(-n2ccnc2)ncn1. The Labute approximate surface area is 68.4 Å². The van der Waals surface area contributed by atoms with Crippen LogP contribution in [0.1, 0.15) is 0 Å². The maximum atomic E-state index is 9.03. The lowest BCUT2D eigenvalue weighted by Gasteiger charge is -1.98. The molecule has 0 aliphatic heterocycles. The summed E-state index contributed by atoms with van der Waals surface area (Å²) < 4.78 is 1.68. The van der Waals surface area contributed by atoms with Gasteiger partial charge in [-0.3, -0.25) is 4.57 Å². The van der Waals surface area contributed by atoms with Crippen LogP contribution >= 0.6 is 0 Å². The van der Waals surface area contributed by atoms with Gasteiger partial charge in [0.25, 0.3) is 0 Å². The van der Waals surface area contributed by atoms with Crippen LogP contribution in [0.15, 0.2) is 31.1 Å². The molecule has 0 amide bonds. The maximum Gasteiger partial charge on any atom is 0.215 e. The summed E-state index contributed by atoms with van der Waals surface area (Å²) >= 11 is 0. The molecular weight excluding hydrogens is 156 g/mol. The summed E-state index contributed by atoms with van der Waals surface area (Å²) in [6.07, 6.45) is 6.27. The van der Waals surface area contributed by atoms with Gasteiger partial charge >= 0.3 is 0 Å². The summed E-state index contributed by atoms with van der Waals surface area (Å²) in [5.41, 5.74) is 0. The highest BCUT2D eigenvalue weighted by Gasteiger charge is 1.97. The van der Waals surface area contributed by atoms with Crippen LogP contribution in [0.4, 0.5) is 0 Å². The minimum atomic E-state index is -0.0475. The van der Waals surface area contributed by atoms with Crippen LogP contribution < -0.4 is 0 Å². The van der Waals surface area contributed by atoms with Crippen LogP contribution in [-0.2, 0) is 0 Å². The van der Waals surface area contributed by atoms with Gasteiger partial charge < -0.3 is 5.11 Å². The molecule has 0 saturated carbocycles. The Bertz CT molecular complexity index is 371. The van der Waals surface area contributed by atoms with Crippen LogP contribution in [0.2, 0.25) is 0 Å². The van der Waals surface area contributed by atoms with Gasteiger partial charge in [0, 0.05) is 18.5 Å². The lowest BCUT2D eigenvalue weighted by Crippen LogP contribution is -1.93. The normalized spacial score (nSPS) is 10.0. The Morgan fingerprint density at radius 1 is 1.33 bits per heavy atom. The third kappa shape index (κ3) is 1.12. The standard InChI is InChI=1S/C7H6N4O/c12-7-3-6(9-4-10-7)11-2-1-8-5-11/h1-5H,(H,9,10,12). The molecule has 0 aliphatic rings. The van der Waals surface area contributed by atoms with Crippen molar-refractivity contribution >= 4 is 0 Å². The third-order valence-corrected chi connectivity index (χ3v) is 1.41. The number of hydrogen-bond donors (Lipinski definition) is 1. The Balaban J connectivity index is 2.48. The van der Waals surface area contributed by atoms with Crippen molar-refractivity contribution in [1.29, 1.82) is 0 Å². The van der Waals surface area contributed by atoms with E-state index >= 15 is 0 Å². The highest BCUT2D eigenvalue weighted by Crippen LogP contribution is 2.07. The van der Waals surface area contributed by atoms with Gasteiger partial charge in [0.15, 0.2) is 0 Å². The zero-order valence-corrected chi connectivity index (χ0v) is 6.12. The Morgan fingerprint density at radius 3 is 2.92 bits per heavy atom. The maximum absolute atomic E-state index is 9.03. The summed E-state index contributed by atoms with van der Waals surface area (Å²) in [6, 6.07) is 1.46. The van der Waals surface area contributed by atoms with Gasteiger partial charge in [-0.15, -0.1) is 0 Å². The first kappa shape index (κ1) is 6.78. The summed E-state index contributed by atoms with van der Waals surface area (Å²) in [5.74, 6) is 0.550. The Hall–Kier alpha value is -1.91. The van der Waals surface area contributed by atoms with Crippen molar-refractivity contribution in [3.8, 4) is 11.7 Å². The van der Waals surface area contributed by atoms with Crippen molar-refractivity contribution in [2.45, 2.75) is 0 Å². The van der Waals surface area contributed by atoms with Gasteiger partial charge in [0.2, 0.25) is 5.88 Å². The number of hydrogen-bond acceptors (Lipinski definition) is 4. The smallest absolute Gasteiger partial charge is 0.215 e. The fourth-order valence-electron chi connectivity index (χ4n) is 0.873. The average Bonchev–Trinajstić information content (AvgIpc) is 2.56. The van der Waals surface area contributed by atoms with E-state index in [0.29, 0.717) is 5.82 Å². The molecule has 60 valence electrons. The molecule has 0 unspecified atom stereocenters. The van der Waals surface area contributed by atoms with Crippen LogP contribution in [0.5, 0.6) is 5.88 Å². The molecule has 1 N–H and O–H groups in total. The summed E-state index contributed by atoms with van der Waals surface area (Å²) in [6.45, 7) is 0. The zero-order chi connectivity index (χ0) is 8.39. The molecule has 2 rings (SSSR count). The predicted octanol–water partition coefficient (Wildman–Crippen LogP) is 0.368. The van der Waals surface area contributed by atoms with E-state index in [0.717, 1.165) is 0 Å². The topological polar surface area (TPSA) is 63.8 Å². The van der Waals surface area contributed by atoms with E-state index in [1.165, 1.54) is 12.4 Å². The van der Waals surface area contributed by atoms with Crippen molar-refractivity contribution < 1.29 is 5.11 Å². The zero-order valence-electron chi connectivity index (χ0n) is 6.12. The first-order valence-electron chi connectivity index (χ1n) is 3.35. The molecule has 2 aromatic heterocycles. The fraction of sp³-hybridized carbons (Fsp3) is 0. The predicted molar refractivity (Wildman–Crippen MR) is 40.8 cm³/mol. The van der Waals surface area contributed by atoms with E-state index < -0.39 is 0 Å². The van der Waals surface area contributed by atoms with E-state index in [4.69, 9.17) is 5.11 Å². The van der Waals surface area contributed by atoms with E-state index in [1.54, 1.807) is 23.3 Å². The monoisotopic (exact) mass is 162 g/mol. The molecule has 0 saturated heterocycles. The third-order valence-electron chi connectivity index (χ3n) is 1.41. The van der Waals surface area contributed by atoms with E-state index in [1.807, 2.05) is 0 Å². The van der Waals surface area contributed by atoms with Crippen molar-refractivity contribution in [1.82, 2.24) is 19.5 Å². The van der Waals surface area contributed by atoms with E-state index in [2.05, 4.69) is 15.0 Å². The summed E-state index contributed by atoms with van der Waals surface area (Å²) in [5, 5.41) is 9.03. The van der Waals surface area contributed by atoms with Crippen LogP contribution in [-0.4, -0.2) is 24.6 Å². The van der Waals surface area contributed by atoms with Gasteiger partial charge in [0.1, 0.15) is 18.5 Å².